The number of carbonyl (C=O) groups is 1. The average molecular weight is 230 g/mol. The average Bonchev–Trinajstić information content (AvgIpc) is 2.54. The molecule has 0 unspecified atom stereocenters. The van der Waals surface area contributed by atoms with Gasteiger partial charge in [0.1, 0.15) is 5.76 Å². The highest BCUT2D eigenvalue weighted by atomic mass is 16.5. The first-order valence-corrected chi connectivity index (χ1v) is 6.37. The van der Waals surface area contributed by atoms with E-state index in [4.69, 9.17) is 4.74 Å². The van der Waals surface area contributed by atoms with Crippen LogP contribution in [0, 0.1) is 5.41 Å². The summed E-state index contributed by atoms with van der Waals surface area (Å²) in [6.45, 7) is 6.34. The zero-order valence-electron chi connectivity index (χ0n) is 10.7. The number of ether oxygens (including phenoxy) is 1. The van der Waals surface area contributed by atoms with Crippen LogP contribution in [0.2, 0.25) is 0 Å². The number of carbonyl (C=O) groups excluding carboxylic acids is 1. The van der Waals surface area contributed by atoms with Gasteiger partial charge in [-0.05, 0) is 50.5 Å². The van der Waals surface area contributed by atoms with Crippen molar-refractivity contribution in [2.24, 2.45) is 5.41 Å². The lowest BCUT2D eigenvalue weighted by atomic mass is 9.64. The third kappa shape index (κ3) is 1.36. The normalized spacial score (nSPS) is 32.2. The molecule has 0 amide bonds. The Labute approximate surface area is 102 Å². The molecule has 17 heavy (non-hydrogen) atoms. The molecule has 3 aliphatic rings. The SMILES string of the molecule is CC1=CCC[C@]2(C)CCC3=C(C)C(=O)OC3=C12. The summed E-state index contributed by atoms with van der Waals surface area (Å²) >= 11 is 0. The second-order valence-electron chi connectivity index (χ2n) is 5.68. The number of rotatable bonds is 0. The van der Waals surface area contributed by atoms with Crippen molar-refractivity contribution in [1.82, 2.24) is 0 Å². The fourth-order valence-electron chi connectivity index (χ4n) is 3.44. The van der Waals surface area contributed by atoms with Gasteiger partial charge in [-0.1, -0.05) is 13.0 Å². The molecule has 0 aromatic carbocycles. The summed E-state index contributed by atoms with van der Waals surface area (Å²) in [5, 5.41) is 0. The van der Waals surface area contributed by atoms with Gasteiger partial charge in [-0.15, -0.1) is 0 Å². The standard InChI is InChI=1S/C15H18O2/c1-9-5-4-7-15(3)8-6-11-10(2)14(16)17-13(11)12(9)15/h5H,4,6-8H2,1-3H3/t15-/m1/s1. The van der Waals surface area contributed by atoms with Crippen LogP contribution in [0.1, 0.15) is 46.5 Å². The molecule has 0 spiro atoms. The van der Waals surface area contributed by atoms with E-state index in [0.717, 1.165) is 36.2 Å². The van der Waals surface area contributed by atoms with Gasteiger partial charge in [-0.25, -0.2) is 4.79 Å². The summed E-state index contributed by atoms with van der Waals surface area (Å²) in [6, 6.07) is 0. The minimum atomic E-state index is -0.148. The van der Waals surface area contributed by atoms with E-state index in [-0.39, 0.29) is 11.4 Å². The Bertz CT molecular complexity index is 505. The number of fused-ring (bicyclic) bond motifs is 2. The first kappa shape index (κ1) is 10.8. The van der Waals surface area contributed by atoms with E-state index in [1.54, 1.807) is 0 Å². The summed E-state index contributed by atoms with van der Waals surface area (Å²) in [5.74, 6) is 0.736. The Morgan fingerprint density at radius 1 is 1.29 bits per heavy atom. The lowest BCUT2D eigenvalue weighted by Gasteiger charge is -2.40. The third-order valence-corrected chi connectivity index (χ3v) is 4.53. The van der Waals surface area contributed by atoms with Crippen molar-refractivity contribution in [1.29, 1.82) is 0 Å². The van der Waals surface area contributed by atoms with Crippen LogP contribution < -0.4 is 0 Å². The van der Waals surface area contributed by atoms with Gasteiger partial charge in [0.25, 0.3) is 0 Å². The van der Waals surface area contributed by atoms with Crippen molar-refractivity contribution in [2.75, 3.05) is 0 Å². The van der Waals surface area contributed by atoms with E-state index in [9.17, 15) is 4.79 Å². The molecule has 0 radical (unpaired) electrons. The fraction of sp³-hybridized carbons (Fsp3) is 0.533. The van der Waals surface area contributed by atoms with Crippen LogP contribution in [0.3, 0.4) is 0 Å². The Morgan fingerprint density at radius 2 is 2.06 bits per heavy atom. The van der Waals surface area contributed by atoms with Crippen molar-refractivity contribution in [3.8, 4) is 0 Å². The molecule has 0 saturated carbocycles. The Balaban J connectivity index is 2.25. The third-order valence-electron chi connectivity index (χ3n) is 4.53. The maximum Gasteiger partial charge on any atom is 0.339 e. The van der Waals surface area contributed by atoms with Crippen LogP contribution in [0.25, 0.3) is 0 Å². The molecule has 3 rings (SSSR count). The zero-order chi connectivity index (χ0) is 12.2. The molecule has 2 aliphatic carbocycles. The highest BCUT2D eigenvalue weighted by Gasteiger charge is 2.43. The van der Waals surface area contributed by atoms with Gasteiger partial charge in [0.15, 0.2) is 0 Å². The highest BCUT2D eigenvalue weighted by molar-refractivity contribution is 5.94. The van der Waals surface area contributed by atoms with Gasteiger partial charge in [0.05, 0.1) is 0 Å². The summed E-state index contributed by atoms with van der Waals surface area (Å²) < 4.78 is 5.51. The molecule has 0 bridgehead atoms. The molecule has 2 heteroatoms. The summed E-state index contributed by atoms with van der Waals surface area (Å²) in [4.78, 5) is 11.7. The van der Waals surface area contributed by atoms with Gasteiger partial charge in [-0.2, -0.15) is 0 Å². The van der Waals surface area contributed by atoms with Gasteiger partial charge in [0.2, 0.25) is 0 Å². The minimum absolute atomic E-state index is 0.148. The van der Waals surface area contributed by atoms with Crippen molar-refractivity contribution >= 4 is 5.97 Å². The van der Waals surface area contributed by atoms with Gasteiger partial charge in [-0.3, -0.25) is 0 Å². The van der Waals surface area contributed by atoms with Crippen LogP contribution in [0.5, 0.6) is 0 Å². The number of allylic oxidation sites excluding steroid dienone is 4. The van der Waals surface area contributed by atoms with E-state index in [1.807, 2.05) is 6.92 Å². The Kier molecular flexibility index (Phi) is 2.13. The summed E-state index contributed by atoms with van der Waals surface area (Å²) in [7, 11) is 0. The largest absolute Gasteiger partial charge is 0.423 e. The molecule has 0 aromatic heterocycles. The van der Waals surface area contributed by atoms with Crippen LogP contribution in [-0.2, 0) is 9.53 Å². The van der Waals surface area contributed by atoms with Crippen molar-refractivity contribution in [3.63, 3.8) is 0 Å². The monoisotopic (exact) mass is 230 g/mol. The van der Waals surface area contributed by atoms with Gasteiger partial charge < -0.3 is 4.74 Å². The number of hydrogen-bond donors (Lipinski definition) is 0. The van der Waals surface area contributed by atoms with E-state index in [1.165, 1.54) is 17.6 Å². The predicted octanol–water partition coefficient (Wildman–Crippen LogP) is 3.65. The maximum atomic E-state index is 11.7. The molecule has 1 aliphatic heterocycles. The molecule has 90 valence electrons. The summed E-state index contributed by atoms with van der Waals surface area (Å²) in [5.41, 5.74) is 4.76. The van der Waals surface area contributed by atoms with Gasteiger partial charge in [0, 0.05) is 16.7 Å². The lowest BCUT2D eigenvalue weighted by Crippen LogP contribution is -2.28. The molecule has 0 N–H and O–H groups in total. The van der Waals surface area contributed by atoms with E-state index in [0.29, 0.717) is 0 Å². The van der Waals surface area contributed by atoms with Crippen molar-refractivity contribution in [3.05, 3.63) is 34.1 Å². The molecule has 0 fully saturated rings. The summed E-state index contributed by atoms with van der Waals surface area (Å²) in [6.07, 6.45) is 6.72. The first-order valence-electron chi connectivity index (χ1n) is 6.37. The second-order valence-corrected chi connectivity index (χ2v) is 5.68. The lowest BCUT2D eigenvalue weighted by molar-refractivity contribution is -0.133. The van der Waals surface area contributed by atoms with Crippen LogP contribution >= 0.6 is 0 Å². The van der Waals surface area contributed by atoms with E-state index < -0.39 is 0 Å². The van der Waals surface area contributed by atoms with Crippen LogP contribution in [-0.4, -0.2) is 5.97 Å². The fourth-order valence-corrected chi connectivity index (χ4v) is 3.44. The highest BCUT2D eigenvalue weighted by Crippen LogP contribution is 2.53. The first-order chi connectivity index (χ1) is 8.03. The quantitative estimate of drug-likeness (QED) is 0.594. The van der Waals surface area contributed by atoms with Crippen molar-refractivity contribution in [2.45, 2.75) is 46.5 Å². The van der Waals surface area contributed by atoms with E-state index >= 15 is 0 Å². The molecule has 1 atom stereocenters. The zero-order valence-corrected chi connectivity index (χ0v) is 10.7. The molecule has 0 saturated heterocycles. The molecule has 2 nitrogen and oxygen atoms in total. The van der Waals surface area contributed by atoms with E-state index in [2.05, 4.69) is 19.9 Å². The number of esters is 1. The molecular weight excluding hydrogens is 212 g/mol. The Hall–Kier alpha value is -1.31. The van der Waals surface area contributed by atoms with Gasteiger partial charge >= 0.3 is 5.97 Å². The Morgan fingerprint density at radius 3 is 2.82 bits per heavy atom. The smallest absolute Gasteiger partial charge is 0.339 e. The minimum Gasteiger partial charge on any atom is -0.423 e. The molecular formula is C15H18O2. The number of hydrogen-bond acceptors (Lipinski definition) is 2. The van der Waals surface area contributed by atoms with Crippen LogP contribution in [0.15, 0.2) is 34.1 Å². The second kappa shape index (κ2) is 3.34. The molecule has 1 heterocycles. The van der Waals surface area contributed by atoms with Crippen molar-refractivity contribution < 1.29 is 9.53 Å². The topological polar surface area (TPSA) is 26.3 Å². The predicted molar refractivity (Wildman–Crippen MR) is 66.2 cm³/mol. The maximum absolute atomic E-state index is 11.7. The van der Waals surface area contributed by atoms with Crippen LogP contribution in [0.4, 0.5) is 0 Å². The molecule has 0 aromatic rings.